The van der Waals surface area contributed by atoms with Gasteiger partial charge in [-0.2, -0.15) is 0 Å². The first-order chi connectivity index (χ1) is 15.6. The zero-order valence-electron chi connectivity index (χ0n) is 21.2. The van der Waals surface area contributed by atoms with Gasteiger partial charge in [-0.05, 0) is 42.2 Å². The lowest BCUT2D eigenvalue weighted by atomic mass is 9.97. The summed E-state index contributed by atoms with van der Waals surface area (Å²) in [6, 6.07) is 9.23. The summed E-state index contributed by atoms with van der Waals surface area (Å²) in [4.78, 5) is 5.07. The van der Waals surface area contributed by atoms with Crippen LogP contribution >= 0.6 is 0 Å². The van der Waals surface area contributed by atoms with Crippen LogP contribution in [0.2, 0.25) is 0 Å². The third-order valence-electron chi connectivity index (χ3n) is 6.40. The summed E-state index contributed by atoms with van der Waals surface area (Å²) in [6.45, 7) is 19.9. The average molecular weight is 449 g/mol. The molecule has 0 aliphatic carbocycles. The largest absolute Gasteiger partial charge is 0.379 e. The van der Waals surface area contributed by atoms with Crippen molar-refractivity contribution in [3.05, 3.63) is 35.4 Å². The molecule has 1 fully saturated rings. The predicted octanol–water partition coefficient (Wildman–Crippen LogP) is 4.80. The average Bonchev–Trinajstić information content (AvgIpc) is 2.80. The highest BCUT2D eigenvalue weighted by Crippen LogP contribution is 2.19. The van der Waals surface area contributed by atoms with Gasteiger partial charge in [-0.15, -0.1) is 0 Å². The Kier molecular flexibility index (Phi) is 14.1. The number of rotatable bonds is 17. The molecule has 0 radical (unpaired) electrons. The monoisotopic (exact) mass is 448 g/mol. The second-order valence-corrected chi connectivity index (χ2v) is 9.54. The maximum Gasteiger partial charge on any atom is 0.0701 e. The van der Waals surface area contributed by atoms with E-state index in [9.17, 15) is 0 Å². The van der Waals surface area contributed by atoms with E-state index in [1.807, 2.05) is 0 Å². The molecule has 1 aromatic carbocycles. The highest BCUT2D eigenvalue weighted by Gasteiger charge is 2.16. The van der Waals surface area contributed by atoms with Crippen LogP contribution in [0.1, 0.15) is 64.0 Å². The SMILES string of the molecule is CCC(C)c1ccc(CN2CCN(CCOCCOCCOCCCC(C)C)CC2)cc1. The predicted molar refractivity (Wildman–Crippen MR) is 133 cm³/mol. The summed E-state index contributed by atoms with van der Waals surface area (Å²) in [6.07, 6.45) is 3.57. The second-order valence-electron chi connectivity index (χ2n) is 9.54. The Morgan fingerprint density at radius 3 is 1.91 bits per heavy atom. The molecule has 2 rings (SSSR count). The van der Waals surface area contributed by atoms with Gasteiger partial charge >= 0.3 is 0 Å². The van der Waals surface area contributed by atoms with Crippen LogP contribution in [0.15, 0.2) is 24.3 Å². The van der Waals surface area contributed by atoms with Gasteiger partial charge in [-0.3, -0.25) is 9.80 Å². The highest BCUT2D eigenvalue weighted by atomic mass is 16.5. The fourth-order valence-electron chi connectivity index (χ4n) is 3.95. The van der Waals surface area contributed by atoms with Gasteiger partial charge < -0.3 is 14.2 Å². The molecule has 5 nitrogen and oxygen atoms in total. The van der Waals surface area contributed by atoms with Crippen molar-refractivity contribution < 1.29 is 14.2 Å². The van der Waals surface area contributed by atoms with Crippen molar-refractivity contribution in [1.29, 1.82) is 0 Å². The van der Waals surface area contributed by atoms with Crippen LogP contribution in [0.3, 0.4) is 0 Å². The van der Waals surface area contributed by atoms with Gasteiger partial charge in [0.05, 0.1) is 33.0 Å². The normalized spacial score (nSPS) is 16.7. The van der Waals surface area contributed by atoms with Crippen molar-refractivity contribution in [3.63, 3.8) is 0 Å². The number of piperazine rings is 1. The summed E-state index contributed by atoms with van der Waals surface area (Å²) in [7, 11) is 0. The molecule has 1 aliphatic rings. The lowest BCUT2D eigenvalue weighted by molar-refractivity contribution is 0.00703. The second kappa shape index (κ2) is 16.6. The van der Waals surface area contributed by atoms with Gasteiger partial charge in [0.15, 0.2) is 0 Å². The van der Waals surface area contributed by atoms with Crippen LogP contribution in [0.5, 0.6) is 0 Å². The molecule has 5 heteroatoms. The first-order valence-electron chi connectivity index (χ1n) is 12.8. The third kappa shape index (κ3) is 11.8. The van der Waals surface area contributed by atoms with E-state index in [1.165, 1.54) is 24.0 Å². The van der Waals surface area contributed by atoms with Crippen LogP contribution in [0.4, 0.5) is 0 Å². The fraction of sp³-hybridized carbons (Fsp3) is 0.778. The molecule has 1 saturated heterocycles. The zero-order valence-corrected chi connectivity index (χ0v) is 21.2. The number of benzene rings is 1. The van der Waals surface area contributed by atoms with E-state index in [0.717, 1.165) is 64.8 Å². The van der Waals surface area contributed by atoms with Gasteiger partial charge in [0.25, 0.3) is 0 Å². The summed E-state index contributed by atoms with van der Waals surface area (Å²) < 4.78 is 16.9. The Balaban J connectivity index is 1.42. The Morgan fingerprint density at radius 1 is 0.750 bits per heavy atom. The van der Waals surface area contributed by atoms with Crippen molar-refractivity contribution >= 4 is 0 Å². The molecule has 0 N–H and O–H groups in total. The molecular weight excluding hydrogens is 400 g/mol. The minimum atomic E-state index is 0.652. The zero-order chi connectivity index (χ0) is 23.0. The minimum Gasteiger partial charge on any atom is -0.379 e. The smallest absolute Gasteiger partial charge is 0.0701 e. The summed E-state index contributed by atoms with van der Waals surface area (Å²) in [5, 5.41) is 0. The molecular formula is C27H48N2O3. The minimum absolute atomic E-state index is 0.652. The molecule has 32 heavy (non-hydrogen) atoms. The van der Waals surface area contributed by atoms with Crippen LogP contribution in [-0.2, 0) is 20.8 Å². The Morgan fingerprint density at radius 2 is 1.31 bits per heavy atom. The van der Waals surface area contributed by atoms with Gasteiger partial charge in [-0.25, -0.2) is 0 Å². The van der Waals surface area contributed by atoms with Gasteiger partial charge in [0.1, 0.15) is 0 Å². The number of ether oxygens (including phenoxy) is 3. The standard InChI is InChI=1S/C27H48N2O3/c1-5-25(4)27-10-8-26(9-11-27)23-29-14-12-28(13-15-29)16-18-31-20-22-32-21-19-30-17-6-7-24(2)3/h8-11,24-25H,5-7,12-23H2,1-4H3. The molecule has 1 aromatic rings. The van der Waals surface area contributed by atoms with Gasteiger partial charge in [-0.1, -0.05) is 52.0 Å². The molecule has 1 heterocycles. The maximum absolute atomic E-state index is 5.75. The molecule has 0 spiro atoms. The van der Waals surface area contributed by atoms with Gasteiger partial charge in [0, 0.05) is 45.9 Å². The molecule has 0 bridgehead atoms. The maximum atomic E-state index is 5.75. The van der Waals surface area contributed by atoms with E-state index in [0.29, 0.717) is 32.3 Å². The van der Waals surface area contributed by atoms with E-state index < -0.39 is 0 Å². The van der Waals surface area contributed by atoms with Crippen molar-refractivity contribution in [2.24, 2.45) is 5.92 Å². The molecule has 0 amide bonds. The van der Waals surface area contributed by atoms with E-state index in [-0.39, 0.29) is 0 Å². The molecule has 184 valence electrons. The van der Waals surface area contributed by atoms with Crippen molar-refractivity contribution in [1.82, 2.24) is 9.80 Å². The Labute approximate surface area is 197 Å². The number of hydrogen-bond acceptors (Lipinski definition) is 5. The van der Waals surface area contributed by atoms with E-state index in [1.54, 1.807) is 0 Å². The molecule has 0 saturated carbocycles. The lowest BCUT2D eigenvalue weighted by Gasteiger charge is -2.34. The quantitative estimate of drug-likeness (QED) is 0.320. The van der Waals surface area contributed by atoms with Crippen LogP contribution in [0, 0.1) is 5.92 Å². The van der Waals surface area contributed by atoms with Crippen LogP contribution in [0.25, 0.3) is 0 Å². The summed E-state index contributed by atoms with van der Waals surface area (Å²) in [5.41, 5.74) is 2.88. The summed E-state index contributed by atoms with van der Waals surface area (Å²) >= 11 is 0. The van der Waals surface area contributed by atoms with Crippen molar-refractivity contribution in [2.75, 3.05) is 72.4 Å². The number of nitrogens with zero attached hydrogens (tertiary/aromatic N) is 2. The topological polar surface area (TPSA) is 34.2 Å². The van der Waals surface area contributed by atoms with Crippen LogP contribution < -0.4 is 0 Å². The molecule has 0 aromatic heterocycles. The Hall–Kier alpha value is -0.980. The first kappa shape index (κ1) is 27.3. The summed E-state index contributed by atoms with van der Waals surface area (Å²) in [5.74, 6) is 1.41. The van der Waals surface area contributed by atoms with E-state index in [4.69, 9.17) is 14.2 Å². The first-order valence-corrected chi connectivity index (χ1v) is 12.8. The number of hydrogen-bond donors (Lipinski definition) is 0. The van der Waals surface area contributed by atoms with Crippen molar-refractivity contribution in [3.8, 4) is 0 Å². The van der Waals surface area contributed by atoms with Gasteiger partial charge in [0.2, 0.25) is 0 Å². The van der Waals surface area contributed by atoms with Crippen LogP contribution in [-0.4, -0.2) is 82.2 Å². The molecule has 1 unspecified atom stereocenters. The fourth-order valence-corrected chi connectivity index (χ4v) is 3.95. The van der Waals surface area contributed by atoms with Crippen molar-refractivity contribution in [2.45, 2.75) is 59.4 Å². The van der Waals surface area contributed by atoms with E-state index >= 15 is 0 Å². The third-order valence-corrected chi connectivity index (χ3v) is 6.40. The molecule has 1 aliphatic heterocycles. The molecule has 1 atom stereocenters. The highest BCUT2D eigenvalue weighted by molar-refractivity contribution is 5.25. The van der Waals surface area contributed by atoms with E-state index in [2.05, 4.69) is 61.8 Å². The lowest BCUT2D eigenvalue weighted by Crippen LogP contribution is -2.46. The Bertz CT molecular complexity index is 571.